The second kappa shape index (κ2) is 13.5. The van der Waals surface area contributed by atoms with Crippen molar-refractivity contribution in [2.24, 2.45) is 11.7 Å². The number of carbonyl (C=O) groups is 2. The zero-order chi connectivity index (χ0) is 32.1. The number of nitrogens with zero attached hydrogens (tertiary/aromatic N) is 4. The Hall–Kier alpha value is -4.78. The van der Waals surface area contributed by atoms with Crippen LogP contribution in [0.15, 0.2) is 54.9 Å². The smallest absolute Gasteiger partial charge is 0.416 e. The van der Waals surface area contributed by atoms with E-state index in [0.29, 0.717) is 36.0 Å². The number of carboxylic acid groups (broad SMARTS) is 1. The molecule has 1 fully saturated rings. The van der Waals surface area contributed by atoms with Crippen molar-refractivity contribution in [3.8, 4) is 11.3 Å². The molecule has 3 heterocycles. The van der Waals surface area contributed by atoms with Crippen molar-refractivity contribution in [1.29, 1.82) is 0 Å². The van der Waals surface area contributed by atoms with Gasteiger partial charge < -0.3 is 21.9 Å². The zero-order valence-corrected chi connectivity index (χ0v) is 24.4. The van der Waals surface area contributed by atoms with Gasteiger partial charge in [0.05, 0.1) is 28.4 Å². The van der Waals surface area contributed by atoms with Crippen LogP contribution in [0, 0.1) is 5.92 Å². The molecule has 13 heteroatoms. The number of halogens is 3. The van der Waals surface area contributed by atoms with Crippen LogP contribution >= 0.6 is 0 Å². The molecule has 0 spiro atoms. The fraction of sp³-hybridized carbons (Fsp3) is 0.344. The summed E-state index contributed by atoms with van der Waals surface area (Å²) in [6, 6.07) is 7.85. The number of anilines is 2. The zero-order valence-electron chi connectivity index (χ0n) is 24.4. The van der Waals surface area contributed by atoms with Crippen LogP contribution in [-0.4, -0.2) is 43.3 Å². The molecule has 45 heavy (non-hydrogen) atoms. The molecule has 0 aliphatic heterocycles. The molecular weight excluding hydrogens is 587 g/mol. The van der Waals surface area contributed by atoms with E-state index in [1.54, 1.807) is 18.3 Å². The molecule has 3 aromatic heterocycles. The molecule has 1 aliphatic carbocycles. The number of alkyl halides is 3. The molecule has 0 bridgehead atoms. The van der Waals surface area contributed by atoms with E-state index >= 15 is 0 Å². The summed E-state index contributed by atoms with van der Waals surface area (Å²) in [4.78, 5) is 33.0. The second-order valence-electron chi connectivity index (χ2n) is 11.1. The van der Waals surface area contributed by atoms with E-state index in [9.17, 15) is 27.9 Å². The summed E-state index contributed by atoms with van der Waals surface area (Å²) in [6.07, 6.45) is 7.33. The molecule has 1 aliphatic rings. The molecule has 2 atom stereocenters. The Bertz CT molecular complexity index is 1720. The largest absolute Gasteiger partial charge is 0.481 e. The minimum Gasteiger partial charge on any atom is -0.481 e. The number of aliphatic carboxylic acids is 1. The summed E-state index contributed by atoms with van der Waals surface area (Å²) in [5, 5.41) is 17.7. The Kier molecular flexibility index (Phi) is 9.47. The van der Waals surface area contributed by atoms with E-state index in [0.717, 1.165) is 61.5 Å². The summed E-state index contributed by atoms with van der Waals surface area (Å²) < 4.78 is 41.1. The average Bonchev–Trinajstić information content (AvgIpc) is 3.44. The van der Waals surface area contributed by atoms with Crippen LogP contribution in [-0.2, 0) is 11.0 Å². The van der Waals surface area contributed by atoms with Crippen molar-refractivity contribution in [3.63, 3.8) is 0 Å². The number of pyridine rings is 2. The highest BCUT2D eigenvalue weighted by Gasteiger charge is 2.32. The fourth-order valence-corrected chi connectivity index (χ4v) is 5.68. The predicted molar refractivity (Wildman–Crippen MR) is 165 cm³/mol. The summed E-state index contributed by atoms with van der Waals surface area (Å²) in [6.45, 7) is 0.618. The van der Waals surface area contributed by atoms with E-state index in [4.69, 9.17) is 16.6 Å². The highest BCUT2D eigenvalue weighted by molar-refractivity contribution is 6.06. The number of rotatable bonds is 10. The van der Waals surface area contributed by atoms with Gasteiger partial charge in [-0.25, -0.2) is 9.97 Å². The van der Waals surface area contributed by atoms with Crippen molar-refractivity contribution in [1.82, 2.24) is 19.7 Å². The number of unbranched alkanes of at least 4 members (excludes halogenated alkanes) is 2. The minimum atomic E-state index is -4.57. The number of benzene rings is 1. The number of aromatic nitrogens is 4. The third-order valence-electron chi connectivity index (χ3n) is 8.00. The van der Waals surface area contributed by atoms with Crippen molar-refractivity contribution in [3.05, 3.63) is 71.6 Å². The number of hydrogen-bond donors (Lipinski definition) is 4. The van der Waals surface area contributed by atoms with Gasteiger partial charge >= 0.3 is 12.1 Å². The first-order valence-electron chi connectivity index (χ1n) is 14.8. The number of carbonyl (C=O) groups excluding carboxylic acids is 1. The molecule has 236 valence electrons. The first-order valence-corrected chi connectivity index (χ1v) is 14.8. The van der Waals surface area contributed by atoms with E-state index < -0.39 is 29.5 Å². The van der Waals surface area contributed by atoms with Crippen molar-refractivity contribution in [2.45, 2.75) is 57.2 Å². The lowest BCUT2D eigenvalue weighted by molar-refractivity contribution is -0.143. The fourth-order valence-electron chi connectivity index (χ4n) is 5.68. The minimum absolute atomic E-state index is 0.174. The predicted octanol–water partition coefficient (Wildman–Crippen LogP) is 6.30. The molecule has 0 saturated heterocycles. The van der Waals surface area contributed by atoms with Gasteiger partial charge in [-0.2, -0.15) is 18.3 Å². The normalized spacial score (nSPS) is 17.2. The van der Waals surface area contributed by atoms with E-state index in [2.05, 4.69) is 15.3 Å². The van der Waals surface area contributed by atoms with Gasteiger partial charge in [-0.1, -0.05) is 30.7 Å². The molecule has 10 nitrogen and oxygen atoms in total. The Morgan fingerprint density at radius 1 is 1.11 bits per heavy atom. The first-order chi connectivity index (χ1) is 21.6. The molecule has 1 amide bonds. The summed E-state index contributed by atoms with van der Waals surface area (Å²) in [7, 11) is 0. The van der Waals surface area contributed by atoms with Gasteiger partial charge in [0, 0.05) is 29.1 Å². The number of amides is 1. The van der Waals surface area contributed by atoms with Gasteiger partial charge in [0.1, 0.15) is 17.3 Å². The second-order valence-corrected chi connectivity index (χ2v) is 11.1. The standard InChI is InChI=1S/C32H34F3N7O3/c33-32(34,35)23-13-15-38-25(17-23)40-30(43)20-11-9-19(10-12-20)27-26-28(22(18-39-29(26)37)6-3-1-2-4-14-36)42(41-27)24-8-5-7-21(16-24)31(44)45/h3,6,9-13,15,17-18,21,24H,1-2,4-5,7-8,14,16,36H2,(H2,37,39)(H,44,45)(H,38,40,43)/b6-3+/t21-,24-/m1/s1. The highest BCUT2D eigenvalue weighted by Crippen LogP contribution is 2.40. The van der Waals surface area contributed by atoms with Crippen LogP contribution in [0.3, 0.4) is 0 Å². The number of fused-ring (bicyclic) bond motifs is 1. The third kappa shape index (κ3) is 7.14. The quantitative estimate of drug-likeness (QED) is 0.150. The van der Waals surface area contributed by atoms with Gasteiger partial charge in [-0.05, 0) is 69.3 Å². The van der Waals surface area contributed by atoms with Crippen molar-refractivity contribution >= 4 is 40.5 Å². The van der Waals surface area contributed by atoms with E-state index in [1.165, 1.54) is 12.1 Å². The number of hydrogen-bond acceptors (Lipinski definition) is 7. The number of nitrogens with two attached hydrogens (primary N) is 2. The lowest BCUT2D eigenvalue weighted by atomic mass is 9.86. The number of carboxylic acids is 1. The summed E-state index contributed by atoms with van der Waals surface area (Å²) in [5.74, 6) is -1.90. The van der Waals surface area contributed by atoms with E-state index in [-0.39, 0.29) is 23.2 Å². The van der Waals surface area contributed by atoms with Crippen LogP contribution in [0.4, 0.5) is 24.8 Å². The Labute approximate surface area is 257 Å². The SMILES string of the molecule is NCCCC/C=C/c1cnc(N)c2c(-c3ccc(C(=O)Nc4cc(C(F)(F)F)ccn4)cc3)nn([C@@H]3CCC[C@@H](C(=O)O)C3)c12. The first kappa shape index (κ1) is 31.6. The highest BCUT2D eigenvalue weighted by atomic mass is 19.4. The summed E-state index contributed by atoms with van der Waals surface area (Å²) >= 11 is 0. The van der Waals surface area contributed by atoms with Crippen molar-refractivity contribution < 1.29 is 27.9 Å². The van der Waals surface area contributed by atoms with Crippen LogP contribution in [0.2, 0.25) is 0 Å². The Morgan fingerprint density at radius 2 is 1.89 bits per heavy atom. The lowest BCUT2D eigenvalue weighted by Crippen LogP contribution is -2.25. The average molecular weight is 622 g/mol. The van der Waals surface area contributed by atoms with Crippen LogP contribution < -0.4 is 16.8 Å². The third-order valence-corrected chi connectivity index (χ3v) is 8.00. The van der Waals surface area contributed by atoms with E-state index in [1.807, 2.05) is 16.8 Å². The van der Waals surface area contributed by atoms with Crippen LogP contribution in [0.25, 0.3) is 28.2 Å². The summed E-state index contributed by atoms with van der Waals surface area (Å²) in [5.41, 5.74) is 14.0. The molecule has 1 saturated carbocycles. The van der Waals surface area contributed by atoms with Gasteiger partial charge in [0.15, 0.2) is 0 Å². The maximum absolute atomic E-state index is 13.1. The Morgan fingerprint density at radius 3 is 2.60 bits per heavy atom. The number of nitrogen functional groups attached to an aromatic ring is 1. The van der Waals surface area contributed by atoms with Gasteiger partial charge in [-0.15, -0.1) is 0 Å². The Balaban J connectivity index is 1.50. The molecule has 6 N–H and O–H groups in total. The monoisotopic (exact) mass is 621 g/mol. The topological polar surface area (TPSA) is 162 Å². The maximum atomic E-state index is 13.1. The number of nitrogens with one attached hydrogen (secondary N) is 1. The lowest BCUT2D eigenvalue weighted by Gasteiger charge is -2.27. The van der Waals surface area contributed by atoms with Crippen LogP contribution in [0.1, 0.15) is 72.5 Å². The van der Waals surface area contributed by atoms with Crippen molar-refractivity contribution in [2.75, 3.05) is 17.6 Å². The molecule has 0 unspecified atom stereocenters. The van der Waals surface area contributed by atoms with Crippen LogP contribution in [0.5, 0.6) is 0 Å². The molecule has 1 aromatic carbocycles. The van der Waals surface area contributed by atoms with Gasteiger partial charge in [0.2, 0.25) is 0 Å². The van der Waals surface area contributed by atoms with Gasteiger partial charge in [0.25, 0.3) is 5.91 Å². The maximum Gasteiger partial charge on any atom is 0.416 e. The molecule has 5 rings (SSSR count). The molecule has 0 radical (unpaired) electrons. The molecule has 4 aromatic rings. The van der Waals surface area contributed by atoms with Gasteiger partial charge in [-0.3, -0.25) is 14.3 Å². The number of allylic oxidation sites excluding steroid dienone is 1. The molecular formula is C32H34F3N7O3.